The number of benzene rings is 1. The second-order valence-electron chi connectivity index (χ2n) is 2.71. The van der Waals surface area contributed by atoms with Crippen molar-refractivity contribution >= 4 is 33.2 Å². The molecule has 0 atom stereocenters. The van der Waals surface area contributed by atoms with Gasteiger partial charge in [0.05, 0.1) is 20.5 Å². The highest BCUT2D eigenvalue weighted by atomic mass is 35.5. The molecule has 72 valence electrons. The van der Waals surface area contributed by atoms with Gasteiger partial charge in [-0.05, 0) is 12.1 Å². The van der Waals surface area contributed by atoms with Gasteiger partial charge in [-0.15, -0.1) is 4.91 Å². The zero-order valence-corrected chi connectivity index (χ0v) is 8.84. The van der Waals surface area contributed by atoms with E-state index in [9.17, 15) is 4.91 Å². The highest BCUT2D eigenvalue weighted by Crippen LogP contribution is 2.24. The van der Waals surface area contributed by atoms with E-state index in [0.29, 0.717) is 9.82 Å². The highest BCUT2D eigenvalue weighted by molar-refractivity contribution is 7.16. The minimum atomic E-state index is 0.545. The first-order valence-electron chi connectivity index (χ1n) is 3.84. The summed E-state index contributed by atoms with van der Waals surface area (Å²) in [5, 5.41) is 6.64. The van der Waals surface area contributed by atoms with Crippen LogP contribution in [-0.4, -0.2) is 4.57 Å². The predicted molar refractivity (Wildman–Crippen MR) is 57.2 cm³/mol. The summed E-state index contributed by atoms with van der Waals surface area (Å²) in [5.74, 6) is 0. The molecule has 0 saturated heterocycles. The molecule has 0 radical (unpaired) electrons. The molecule has 0 saturated carbocycles. The highest BCUT2D eigenvalue weighted by Gasteiger charge is 2.05. The molecule has 0 aliphatic carbocycles. The first-order valence-corrected chi connectivity index (χ1v) is 5.04. The Labute approximate surface area is 88.4 Å². The number of hydrogen-bond acceptors (Lipinski definition) is 3. The Morgan fingerprint density at radius 3 is 2.93 bits per heavy atom. The largest absolute Gasteiger partial charge is 0.317 e. The molecule has 0 fully saturated rings. The molecule has 1 heterocycles. The summed E-state index contributed by atoms with van der Waals surface area (Å²) in [4.78, 5) is 10.6. The van der Waals surface area contributed by atoms with E-state index in [2.05, 4.69) is 10.4 Å². The molecule has 14 heavy (non-hydrogen) atoms. The molecule has 0 N–H and O–H groups in total. The van der Waals surface area contributed by atoms with Crippen molar-refractivity contribution in [1.82, 2.24) is 4.57 Å². The molecule has 4 nitrogen and oxygen atoms in total. The van der Waals surface area contributed by atoms with E-state index in [-0.39, 0.29) is 0 Å². The second-order valence-corrected chi connectivity index (χ2v) is 4.13. The van der Waals surface area contributed by atoms with Crippen LogP contribution in [0.3, 0.4) is 0 Å². The average Bonchev–Trinajstić information content (AvgIpc) is 2.46. The summed E-state index contributed by atoms with van der Waals surface area (Å²) in [6, 6.07) is 5.59. The Morgan fingerprint density at radius 1 is 1.50 bits per heavy atom. The molecule has 0 unspecified atom stereocenters. The van der Waals surface area contributed by atoms with Crippen LogP contribution >= 0.6 is 22.9 Å². The van der Waals surface area contributed by atoms with Gasteiger partial charge in [0.25, 0.3) is 0 Å². The fraction of sp³-hybridized carbons (Fsp3) is 0.125. The first kappa shape index (κ1) is 9.36. The number of aryl methyl sites for hydroxylation is 1. The van der Waals surface area contributed by atoms with E-state index in [1.165, 1.54) is 11.3 Å². The van der Waals surface area contributed by atoms with Crippen LogP contribution in [0.5, 0.6) is 0 Å². The number of aromatic nitrogens is 1. The van der Waals surface area contributed by atoms with Crippen molar-refractivity contribution in [2.24, 2.45) is 17.4 Å². The molecule has 0 aliphatic heterocycles. The predicted octanol–water partition coefficient (Wildman–Crippen LogP) is 2.48. The van der Waals surface area contributed by atoms with Crippen LogP contribution in [0.2, 0.25) is 5.02 Å². The normalized spacial score (nSPS) is 12.3. The van der Waals surface area contributed by atoms with Gasteiger partial charge in [0.1, 0.15) is 0 Å². The number of rotatable bonds is 1. The van der Waals surface area contributed by atoms with Gasteiger partial charge in [-0.25, -0.2) is 0 Å². The van der Waals surface area contributed by atoms with Crippen molar-refractivity contribution in [3.63, 3.8) is 0 Å². The number of nitrogens with zero attached hydrogens (tertiary/aromatic N) is 3. The number of fused-ring (bicyclic) bond motifs is 1. The van der Waals surface area contributed by atoms with Gasteiger partial charge in [0, 0.05) is 7.05 Å². The maximum atomic E-state index is 10.0. The van der Waals surface area contributed by atoms with Crippen LogP contribution in [0.15, 0.2) is 28.6 Å². The van der Waals surface area contributed by atoms with Crippen LogP contribution in [0.25, 0.3) is 10.2 Å². The summed E-state index contributed by atoms with van der Waals surface area (Å²) >= 11 is 7.39. The van der Waals surface area contributed by atoms with E-state index in [1.54, 1.807) is 17.7 Å². The Kier molecular flexibility index (Phi) is 2.35. The van der Waals surface area contributed by atoms with Crippen molar-refractivity contribution < 1.29 is 0 Å². The van der Waals surface area contributed by atoms with E-state index >= 15 is 0 Å². The molecule has 0 amide bonds. The van der Waals surface area contributed by atoms with E-state index in [4.69, 9.17) is 11.6 Å². The Hall–Kier alpha value is -1.20. The first-order chi connectivity index (χ1) is 6.74. The zero-order valence-electron chi connectivity index (χ0n) is 7.27. The second kappa shape index (κ2) is 3.51. The molecule has 6 heteroatoms. The molecular weight excluding hydrogens is 222 g/mol. The average molecular weight is 228 g/mol. The molecule has 2 aromatic rings. The van der Waals surface area contributed by atoms with Crippen molar-refractivity contribution in [1.29, 1.82) is 0 Å². The number of halogens is 1. The lowest BCUT2D eigenvalue weighted by Gasteiger charge is -1.96. The number of thiazole rings is 1. The molecule has 2 rings (SSSR count). The third kappa shape index (κ3) is 1.34. The fourth-order valence-corrected chi connectivity index (χ4v) is 2.63. The van der Waals surface area contributed by atoms with Gasteiger partial charge < -0.3 is 4.57 Å². The van der Waals surface area contributed by atoms with Crippen LogP contribution < -0.4 is 4.80 Å². The number of hydrogen-bond donors (Lipinski definition) is 0. The van der Waals surface area contributed by atoms with Crippen LogP contribution in [0.4, 0.5) is 0 Å². The number of nitroso groups, excluding NO2 is 1. The maximum Gasteiger partial charge on any atom is 0.214 e. The van der Waals surface area contributed by atoms with Gasteiger partial charge in [0.15, 0.2) is 0 Å². The SMILES string of the molecule is Cn1/c(=N/N=O)sc2cccc(Cl)c21. The minimum absolute atomic E-state index is 0.545. The Bertz CT molecular complexity index is 557. The molecule has 0 spiro atoms. The summed E-state index contributed by atoms with van der Waals surface area (Å²) in [6.45, 7) is 0. The molecule has 0 aliphatic rings. The van der Waals surface area contributed by atoms with Crippen molar-refractivity contribution in [3.05, 3.63) is 32.9 Å². The smallest absolute Gasteiger partial charge is 0.214 e. The van der Waals surface area contributed by atoms with E-state index in [1.807, 2.05) is 12.1 Å². The molecule has 1 aromatic carbocycles. The van der Waals surface area contributed by atoms with Crippen molar-refractivity contribution in [2.75, 3.05) is 0 Å². The van der Waals surface area contributed by atoms with Gasteiger partial charge >= 0.3 is 0 Å². The van der Waals surface area contributed by atoms with Gasteiger partial charge in [-0.1, -0.05) is 34.1 Å². The van der Waals surface area contributed by atoms with Crippen molar-refractivity contribution in [2.45, 2.75) is 0 Å². The lowest BCUT2D eigenvalue weighted by atomic mass is 10.3. The van der Waals surface area contributed by atoms with Crippen molar-refractivity contribution in [3.8, 4) is 0 Å². The summed E-state index contributed by atoms with van der Waals surface area (Å²) < 4.78 is 2.74. The van der Waals surface area contributed by atoms with Crippen LogP contribution in [-0.2, 0) is 7.05 Å². The molecular formula is C8H6ClN3OS. The van der Waals surface area contributed by atoms with Gasteiger partial charge in [0.2, 0.25) is 4.80 Å². The standard InChI is InChI=1S/C8H6ClN3OS/c1-12-7-5(9)3-2-4-6(7)14-8(12)10-11-13/h2-4H,1H3/b10-8-. The van der Waals surface area contributed by atoms with Crippen LogP contribution in [0.1, 0.15) is 0 Å². The summed E-state index contributed by atoms with van der Waals surface area (Å²) in [7, 11) is 1.80. The summed E-state index contributed by atoms with van der Waals surface area (Å²) in [5.41, 5.74) is 0.876. The zero-order chi connectivity index (χ0) is 10.1. The molecule has 1 aromatic heterocycles. The fourth-order valence-electron chi connectivity index (χ4n) is 1.29. The van der Waals surface area contributed by atoms with E-state index in [0.717, 1.165) is 10.2 Å². The third-order valence-corrected chi connectivity index (χ3v) is 3.29. The minimum Gasteiger partial charge on any atom is -0.317 e. The third-order valence-electron chi connectivity index (χ3n) is 1.90. The Morgan fingerprint density at radius 2 is 2.29 bits per heavy atom. The van der Waals surface area contributed by atoms with Gasteiger partial charge in [-0.3, -0.25) is 0 Å². The number of para-hydroxylation sites is 1. The molecule has 0 bridgehead atoms. The lowest BCUT2D eigenvalue weighted by molar-refractivity contribution is 0.886. The lowest BCUT2D eigenvalue weighted by Crippen LogP contribution is -2.08. The van der Waals surface area contributed by atoms with E-state index < -0.39 is 0 Å². The summed E-state index contributed by atoms with van der Waals surface area (Å²) in [6.07, 6.45) is 0. The van der Waals surface area contributed by atoms with Crippen LogP contribution in [0, 0.1) is 4.91 Å². The topological polar surface area (TPSA) is 46.7 Å². The monoisotopic (exact) mass is 227 g/mol. The maximum absolute atomic E-state index is 10.0. The van der Waals surface area contributed by atoms with Gasteiger partial charge in [-0.2, -0.15) is 0 Å². The Balaban J connectivity index is 2.94. The quantitative estimate of drug-likeness (QED) is 0.545.